The van der Waals surface area contributed by atoms with Crippen molar-refractivity contribution in [2.75, 3.05) is 33.4 Å². The van der Waals surface area contributed by atoms with Crippen LogP contribution in [0.1, 0.15) is 37.2 Å². The molecule has 1 aromatic carbocycles. The van der Waals surface area contributed by atoms with Crippen LogP contribution in [-0.4, -0.2) is 44.2 Å². The van der Waals surface area contributed by atoms with E-state index < -0.39 is 0 Å². The van der Waals surface area contributed by atoms with Gasteiger partial charge in [0.05, 0.1) is 19.6 Å². The number of hydrogen-bond donors (Lipinski definition) is 0. The molecule has 1 amide bonds. The van der Waals surface area contributed by atoms with Crippen molar-refractivity contribution in [3.05, 3.63) is 29.8 Å². The van der Waals surface area contributed by atoms with Crippen LogP contribution in [0.2, 0.25) is 0 Å². The van der Waals surface area contributed by atoms with Crippen LogP contribution in [0.3, 0.4) is 0 Å². The molecule has 2 fully saturated rings. The Labute approximate surface area is 132 Å². The molecule has 2 aliphatic rings. The Hall–Kier alpha value is -1.55. The summed E-state index contributed by atoms with van der Waals surface area (Å²) in [4.78, 5) is 14.7. The summed E-state index contributed by atoms with van der Waals surface area (Å²) in [5.74, 6) is 1.68. The summed E-state index contributed by atoms with van der Waals surface area (Å²) in [6.07, 6.45) is 4.31. The van der Waals surface area contributed by atoms with Gasteiger partial charge in [0, 0.05) is 25.6 Å². The third-order valence-electron chi connectivity index (χ3n) is 4.85. The molecule has 1 aromatic rings. The topological polar surface area (TPSA) is 38.8 Å². The van der Waals surface area contributed by atoms with Gasteiger partial charge in [-0.25, -0.2) is 0 Å². The minimum Gasteiger partial charge on any atom is -0.497 e. The van der Waals surface area contributed by atoms with Crippen molar-refractivity contribution < 1.29 is 14.3 Å². The van der Waals surface area contributed by atoms with Crippen molar-refractivity contribution in [1.82, 2.24) is 4.90 Å². The van der Waals surface area contributed by atoms with Gasteiger partial charge in [0.15, 0.2) is 0 Å². The highest BCUT2D eigenvalue weighted by atomic mass is 16.5. The van der Waals surface area contributed by atoms with E-state index in [9.17, 15) is 4.79 Å². The zero-order valence-electron chi connectivity index (χ0n) is 13.3. The first kappa shape index (κ1) is 15.3. The van der Waals surface area contributed by atoms with Gasteiger partial charge in [-0.05, 0) is 37.0 Å². The van der Waals surface area contributed by atoms with E-state index in [0.717, 1.165) is 44.7 Å². The lowest BCUT2D eigenvalue weighted by molar-refractivity contribution is -0.135. The Bertz CT molecular complexity index is 494. The highest BCUT2D eigenvalue weighted by molar-refractivity contribution is 5.79. The Kier molecular flexibility index (Phi) is 4.98. The second-order valence-electron chi connectivity index (χ2n) is 6.31. The second-order valence-corrected chi connectivity index (χ2v) is 6.31. The molecule has 0 N–H and O–H groups in total. The average molecular weight is 303 g/mol. The molecule has 0 bridgehead atoms. The number of likely N-dealkylation sites (tertiary alicyclic amines) is 1. The first-order valence-electron chi connectivity index (χ1n) is 8.28. The fourth-order valence-corrected chi connectivity index (χ4v) is 3.48. The molecule has 2 aliphatic heterocycles. The maximum Gasteiger partial charge on any atom is 0.228 e. The van der Waals surface area contributed by atoms with Gasteiger partial charge in [-0.3, -0.25) is 4.79 Å². The standard InChI is InChI=1S/C18H25NO3/c1-21-17-7-5-14(6-8-17)15-4-2-3-10-19(12-15)18(20)16-9-11-22-13-16/h5-8,15-16H,2-4,9-13H2,1H3/t15-,16-/m1/s1. The van der Waals surface area contributed by atoms with Crippen molar-refractivity contribution in [3.8, 4) is 5.75 Å². The molecule has 0 aliphatic carbocycles. The normalized spacial score (nSPS) is 25.8. The largest absolute Gasteiger partial charge is 0.497 e. The smallest absolute Gasteiger partial charge is 0.228 e. The van der Waals surface area contributed by atoms with Crippen molar-refractivity contribution >= 4 is 5.91 Å². The van der Waals surface area contributed by atoms with Crippen molar-refractivity contribution in [3.63, 3.8) is 0 Å². The number of benzene rings is 1. The van der Waals surface area contributed by atoms with E-state index in [-0.39, 0.29) is 11.8 Å². The fraction of sp³-hybridized carbons (Fsp3) is 0.611. The van der Waals surface area contributed by atoms with E-state index in [2.05, 4.69) is 17.0 Å². The molecular weight excluding hydrogens is 278 g/mol. The Morgan fingerprint density at radius 2 is 2.05 bits per heavy atom. The van der Waals surface area contributed by atoms with Gasteiger partial charge in [0.1, 0.15) is 5.75 Å². The van der Waals surface area contributed by atoms with E-state index in [1.54, 1.807) is 7.11 Å². The first-order chi connectivity index (χ1) is 10.8. The molecular formula is C18H25NO3. The quantitative estimate of drug-likeness (QED) is 0.862. The minimum absolute atomic E-state index is 0.0783. The van der Waals surface area contributed by atoms with Gasteiger partial charge in [-0.15, -0.1) is 0 Å². The lowest BCUT2D eigenvalue weighted by Crippen LogP contribution is -2.38. The molecule has 2 atom stereocenters. The number of carbonyl (C=O) groups is 1. The molecule has 2 heterocycles. The zero-order chi connectivity index (χ0) is 15.4. The van der Waals surface area contributed by atoms with Crippen LogP contribution in [0.5, 0.6) is 5.75 Å². The van der Waals surface area contributed by atoms with Gasteiger partial charge >= 0.3 is 0 Å². The minimum atomic E-state index is 0.0783. The van der Waals surface area contributed by atoms with E-state index in [1.807, 2.05) is 12.1 Å². The Balaban J connectivity index is 1.69. The molecule has 4 nitrogen and oxygen atoms in total. The number of nitrogens with zero attached hydrogens (tertiary/aromatic N) is 1. The SMILES string of the molecule is COc1ccc([C@@H]2CCCCN(C(=O)[C@@H]3CCOC3)C2)cc1. The number of hydrogen-bond acceptors (Lipinski definition) is 3. The molecule has 3 rings (SSSR count). The first-order valence-corrected chi connectivity index (χ1v) is 8.28. The van der Waals surface area contributed by atoms with Gasteiger partial charge in [0.2, 0.25) is 5.91 Å². The monoisotopic (exact) mass is 303 g/mol. The Morgan fingerprint density at radius 1 is 1.23 bits per heavy atom. The summed E-state index contributed by atoms with van der Waals surface area (Å²) in [6, 6.07) is 8.29. The molecule has 0 unspecified atom stereocenters. The van der Waals surface area contributed by atoms with Crippen molar-refractivity contribution in [2.24, 2.45) is 5.92 Å². The summed E-state index contributed by atoms with van der Waals surface area (Å²) in [7, 11) is 1.69. The van der Waals surface area contributed by atoms with Crippen molar-refractivity contribution in [1.29, 1.82) is 0 Å². The van der Waals surface area contributed by atoms with Crippen LogP contribution in [0.4, 0.5) is 0 Å². The van der Waals surface area contributed by atoms with Crippen LogP contribution in [0.15, 0.2) is 24.3 Å². The summed E-state index contributed by atoms with van der Waals surface area (Å²) < 4.78 is 10.6. The molecule has 22 heavy (non-hydrogen) atoms. The van der Waals surface area contributed by atoms with E-state index in [1.165, 1.54) is 12.0 Å². The van der Waals surface area contributed by atoms with Crippen LogP contribution >= 0.6 is 0 Å². The highest BCUT2D eigenvalue weighted by Gasteiger charge is 2.30. The van der Waals surface area contributed by atoms with Crippen LogP contribution in [0, 0.1) is 5.92 Å². The lowest BCUT2D eigenvalue weighted by Gasteiger charge is -2.27. The van der Waals surface area contributed by atoms with E-state index in [4.69, 9.17) is 9.47 Å². The predicted octanol–water partition coefficient (Wildman–Crippen LogP) is 2.83. The molecule has 0 spiro atoms. The number of rotatable bonds is 3. The number of amides is 1. The summed E-state index contributed by atoms with van der Waals surface area (Å²) >= 11 is 0. The molecule has 4 heteroatoms. The molecule has 0 aromatic heterocycles. The predicted molar refractivity (Wildman–Crippen MR) is 85.1 cm³/mol. The van der Waals surface area contributed by atoms with Crippen LogP contribution in [0.25, 0.3) is 0 Å². The van der Waals surface area contributed by atoms with E-state index in [0.29, 0.717) is 12.5 Å². The van der Waals surface area contributed by atoms with E-state index >= 15 is 0 Å². The summed E-state index contributed by atoms with van der Waals surface area (Å²) in [5, 5.41) is 0. The van der Waals surface area contributed by atoms with Gasteiger partial charge in [-0.1, -0.05) is 18.6 Å². The zero-order valence-corrected chi connectivity index (χ0v) is 13.3. The number of carbonyl (C=O) groups excluding carboxylic acids is 1. The maximum absolute atomic E-state index is 12.7. The highest BCUT2D eigenvalue weighted by Crippen LogP contribution is 2.29. The van der Waals surface area contributed by atoms with Crippen LogP contribution < -0.4 is 4.74 Å². The number of ether oxygens (including phenoxy) is 2. The second kappa shape index (κ2) is 7.14. The van der Waals surface area contributed by atoms with Gasteiger partial charge in [0.25, 0.3) is 0 Å². The fourth-order valence-electron chi connectivity index (χ4n) is 3.48. The summed E-state index contributed by atoms with van der Waals surface area (Å²) in [6.45, 7) is 3.05. The molecule has 120 valence electrons. The Morgan fingerprint density at radius 3 is 2.73 bits per heavy atom. The van der Waals surface area contributed by atoms with Gasteiger partial charge in [-0.2, -0.15) is 0 Å². The third-order valence-corrected chi connectivity index (χ3v) is 4.85. The average Bonchev–Trinajstić information content (AvgIpc) is 2.99. The third kappa shape index (κ3) is 3.43. The summed E-state index contributed by atoms with van der Waals surface area (Å²) in [5.41, 5.74) is 1.31. The van der Waals surface area contributed by atoms with Crippen molar-refractivity contribution in [2.45, 2.75) is 31.6 Å². The van der Waals surface area contributed by atoms with Gasteiger partial charge < -0.3 is 14.4 Å². The molecule has 2 saturated heterocycles. The molecule has 0 saturated carbocycles. The maximum atomic E-state index is 12.7. The van der Waals surface area contributed by atoms with Crippen LogP contribution in [-0.2, 0) is 9.53 Å². The lowest BCUT2D eigenvalue weighted by atomic mass is 9.94. The molecule has 0 radical (unpaired) electrons. The number of methoxy groups -OCH3 is 1.